The van der Waals surface area contributed by atoms with Gasteiger partial charge >= 0.3 is 0 Å². The highest BCUT2D eigenvalue weighted by Crippen LogP contribution is 2.25. The van der Waals surface area contributed by atoms with Crippen LogP contribution in [0.1, 0.15) is 22.0 Å². The van der Waals surface area contributed by atoms with E-state index in [4.69, 9.17) is 4.74 Å². The van der Waals surface area contributed by atoms with Gasteiger partial charge in [0.2, 0.25) is 0 Å². The van der Waals surface area contributed by atoms with E-state index in [1.807, 2.05) is 0 Å². The average Bonchev–Trinajstić information content (AvgIpc) is 3.01. The number of amides is 1. The van der Waals surface area contributed by atoms with Gasteiger partial charge in [-0.3, -0.25) is 9.89 Å². The van der Waals surface area contributed by atoms with Crippen LogP contribution in [0.4, 0.5) is 8.78 Å². The summed E-state index contributed by atoms with van der Waals surface area (Å²) in [7, 11) is 0. The van der Waals surface area contributed by atoms with E-state index in [0.717, 1.165) is 6.07 Å². The summed E-state index contributed by atoms with van der Waals surface area (Å²) in [4.78, 5) is 13.8. The van der Waals surface area contributed by atoms with Crippen LogP contribution in [0.3, 0.4) is 0 Å². The zero-order chi connectivity index (χ0) is 14.8. The minimum atomic E-state index is -0.669. The van der Waals surface area contributed by atoms with Gasteiger partial charge in [0.15, 0.2) is 0 Å². The van der Waals surface area contributed by atoms with E-state index in [0.29, 0.717) is 18.7 Å². The second kappa shape index (κ2) is 5.61. The summed E-state index contributed by atoms with van der Waals surface area (Å²) in [6, 6.07) is 3.34. The molecule has 3 rings (SSSR count). The third kappa shape index (κ3) is 2.78. The van der Waals surface area contributed by atoms with Crippen molar-refractivity contribution in [2.24, 2.45) is 0 Å². The van der Waals surface area contributed by atoms with E-state index in [1.54, 1.807) is 4.90 Å². The maximum absolute atomic E-state index is 13.8. The number of benzene rings is 1. The maximum Gasteiger partial charge on any atom is 0.257 e. The zero-order valence-corrected chi connectivity index (χ0v) is 11.1. The van der Waals surface area contributed by atoms with Gasteiger partial charge in [-0.25, -0.2) is 8.78 Å². The number of morpholine rings is 1. The molecule has 21 heavy (non-hydrogen) atoms. The van der Waals surface area contributed by atoms with Gasteiger partial charge in [-0.2, -0.15) is 5.10 Å². The number of aromatic nitrogens is 2. The van der Waals surface area contributed by atoms with Crippen LogP contribution in [0.5, 0.6) is 0 Å². The Balaban J connectivity index is 1.78. The molecule has 2 aromatic rings. The summed E-state index contributed by atoms with van der Waals surface area (Å²) >= 11 is 0. The molecule has 1 N–H and O–H groups in total. The number of rotatable bonds is 2. The molecule has 1 aliphatic rings. The SMILES string of the molecule is O=C(c1cn[nH]c1)N1CCO[C@@H](c2ccc(F)cc2F)C1. The Bertz CT molecular complexity index is 646. The van der Waals surface area contributed by atoms with Crippen LogP contribution in [0.15, 0.2) is 30.6 Å². The Morgan fingerprint density at radius 2 is 2.29 bits per heavy atom. The molecular weight excluding hydrogens is 280 g/mol. The monoisotopic (exact) mass is 293 g/mol. The second-order valence-electron chi connectivity index (χ2n) is 4.76. The molecule has 1 aliphatic heterocycles. The number of nitrogens with one attached hydrogen (secondary N) is 1. The third-order valence-electron chi connectivity index (χ3n) is 3.41. The lowest BCUT2D eigenvalue weighted by Gasteiger charge is -2.33. The summed E-state index contributed by atoms with van der Waals surface area (Å²) in [6.07, 6.45) is 2.34. The van der Waals surface area contributed by atoms with Crippen LogP contribution in [0, 0.1) is 11.6 Å². The van der Waals surface area contributed by atoms with Crippen molar-refractivity contribution in [1.29, 1.82) is 0 Å². The van der Waals surface area contributed by atoms with Crippen molar-refractivity contribution < 1.29 is 18.3 Å². The highest BCUT2D eigenvalue weighted by atomic mass is 19.1. The van der Waals surface area contributed by atoms with Gasteiger partial charge < -0.3 is 9.64 Å². The molecule has 1 amide bonds. The molecule has 5 nitrogen and oxygen atoms in total. The third-order valence-corrected chi connectivity index (χ3v) is 3.41. The summed E-state index contributed by atoms with van der Waals surface area (Å²) < 4.78 is 32.3. The van der Waals surface area contributed by atoms with Gasteiger partial charge in [0, 0.05) is 24.4 Å². The molecule has 110 valence electrons. The molecular formula is C14H13F2N3O2. The van der Waals surface area contributed by atoms with E-state index in [2.05, 4.69) is 10.2 Å². The molecule has 1 atom stereocenters. The van der Waals surface area contributed by atoms with Gasteiger partial charge in [0.25, 0.3) is 5.91 Å². The number of carbonyl (C=O) groups excluding carboxylic acids is 1. The zero-order valence-electron chi connectivity index (χ0n) is 11.1. The van der Waals surface area contributed by atoms with E-state index >= 15 is 0 Å². The predicted molar refractivity (Wildman–Crippen MR) is 69.5 cm³/mol. The molecule has 0 unspecified atom stereocenters. The lowest BCUT2D eigenvalue weighted by molar-refractivity contribution is -0.0243. The molecule has 0 saturated carbocycles. The fraction of sp³-hybridized carbons (Fsp3) is 0.286. The van der Waals surface area contributed by atoms with Crippen LogP contribution in [0.2, 0.25) is 0 Å². The fourth-order valence-electron chi connectivity index (χ4n) is 2.33. The van der Waals surface area contributed by atoms with Crippen molar-refractivity contribution in [3.8, 4) is 0 Å². The molecule has 1 aromatic heterocycles. The summed E-state index contributed by atoms with van der Waals surface area (Å²) in [5.74, 6) is -1.50. The standard InChI is InChI=1S/C14H13F2N3O2/c15-10-1-2-11(12(16)5-10)13-8-19(3-4-21-13)14(20)9-6-17-18-7-9/h1-2,5-7,13H,3-4,8H2,(H,17,18)/t13-/m1/s1. The molecule has 0 spiro atoms. The van der Waals surface area contributed by atoms with Crippen molar-refractivity contribution in [3.05, 3.63) is 53.4 Å². The lowest BCUT2D eigenvalue weighted by Crippen LogP contribution is -2.42. The van der Waals surface area contributed by atoms with Crippen LogP contribution >= 0.6 is 0 Å². The Kier molecular flexibility index (Phi) is 3.66. The topological polar surface area (TPSA) is 58.2 Å². The number of hydrogen-bond donors (Lipinski definition) is 1. The van der Waals surface area contributed by atoms with E-state index in [-0.39, 0.29) is 18.0 Å². The van der Waals surface area contributed by atoms with Crippen LogP contribution in [-0.4, -0.2) is 40.7 Å². The van der Waals surface area contributed by atoms with Crippen LogP contribution < -0.4 is 0 Å². The van der Waals surface area contributed by atoms with Gasteiger partial charge in [-0.1, -0.05) is 6.07 Å². The van der Waals surface area contributed by atoms with Gasteiger partial charge in [-0.15, -0.1) is 0 Å². The van der Waals surface area contributed by atoms with Gasteiger partial charge in [0.05, 0.1) is 24.9 Å². The number of carbonyl (C=O) groups is 1. The molecule has 2 heterocycles. The Labute approximate surface area is 119 Å². The first-order valence-electron chi connectivity index (χ1n) is 6.50. The first kappa shape index (κ1) is 13.7. The Morgan fingerprint density at radius 1 is 1.43 bits per heavy atom. The Morgan fingerprint density at radius 3 is 3.00 bits per heavy atom. The van der Waals surface area contributed by atoms with E-state index < -0.39 is 17.7 Å². The minimum Gasteiger partial charge on any atom is -0.370 e. The Hall–Kier alpha value is -2.28. The number of nitrogens with zero attached hydrogens (tertiary/aromatic N) is 2. The van der Waals surface area contributed by atoms with Crippen molar-refractivity contribution in [1.82, 2.24) is 15.1 Å². The quantitative estimate of drug-likeness (QED) is 0.920. The first-order valence-corrected chi connectivity index (χ1v) is 6.50. The molecule has 1 fully saturated rings. The number of H-pyrrole nitrogens is 1. The largest absolute Gasteiger partial charge is 0.370 e. The molecule has 0 radical (unpaired) electrons. The maximum atomic E-state index is 13.8. The molecule has 1 aromatic carbocycles. The minimum absolute atomic E-state index is 0.195. The highest BCUT2D eigenvalue weighted by molar-refractivity contribution is 5.93. The summed E-state index contributed by atoms with van der Waals surface area (Å²) in [6.45, 7) is 0.932. The van der Waals surface area contributed by atoms with E-state index in [9.17, 15) is 13.6 Å². The van der Waals surface area contributed by atoms with Crippen LogP contribution in [-0.2, 0) is 4.74 Å². The summed E-state index contributed by atoms with van der Waals surface area (Å²) in [5.41, 5.74) is 0.691. The number of halogens is 2. The molecule has 1 saturated heterocycles. The molecule has 0 bridgehead atoms. The van der Waals surface area contributed by atoms with Crippen molar-refractivity contribution >= 4 is 5.91 Å². The number of hydrogen-bond acceptors (Lipinski definition) is 3. The molecule has 7 heteroatoms. The van der Waals surface area contributed by atoms with E-state index in [1.165, 1.54) is 24.5 Å². The van der Waals surface area contributed by atoms with Crippen molar-refractivity contribution in [3.63, 3.8) is 0 Å². The van der Waals surface area contributed by atoms with Crippen molar-refractivity contribution in [2.75, 3.05) is 19.7 Å². The number of ether oxygens (including phenoxy) is 1. The van der Waals surface area contributed by atoms with Crippen molar-refractivity contribution in [2.45, 2.75) is 6.10 Å². The fourth-order valence-corrected chi connectivity index (χ4v) is 2.33. The normalized spacial score (nSPS) is 18.8. The van der Waals surface area contributed by atoms with Gasteiger partial charge in [0.1, 0.15) is 17.7 Å². The average molecular weight is 293 g/mol. The second-order valence-corrected chi connectivity index (χ2v) is 4.76. The van der Waals surface area contributed by atoms with Crippen LogP contribution in [0.25, 0.3) is 0 Å². The summed E-state index contributed by atoms with van der Waals surface area (Å²) in [5, 5.41) is 6.31. The van der Waals surface area contributed by atoms with Gasteiger partial charge in [-0.05, 0) is 6.07 Å². The molecule has 0 aliphatic carbocycles. The lowest BCUT2D eigenvalue weighted by atomic mass is 10.1. The highest BCUT2D eigenvalue weighted by Gasteiger charge is 2.28. The first-order chi connectivity index (χ1) is 10.1. The smallest absolute Gasteiger partial charge is 0.257 e. The number of aromatic amines is 1. The predicted octanol–water partition coefficient (Wildman–Crippen LogP) is 1.90.